The summed E-state index contributed by atoms with van der Waals surface area (Å²) in [5.74, 6) is -3.86. The van der Waals surface area contributed by atoms with Crippen LogP contribution in [0.3, 0.4) is 0 Å². The van der Waals surface area contributed by atoms with E-state index in [-0.39, 0.29) is 5.75 Å². The molecule has 0 spiro atoms. The second-order valence-electron chi connectivity index (χ2n) is 4.32. The summed E-state index contributed by atoms with van der Waals surface area (Å²) in [6, 6.07) is 9.16. The Kier molecular flexibility index (Phi) is 4.34. The first-order chi connectivity index (χ1) is 10.7. The number of benzene rings is 2. The van der Waals surface area contributed by atoms with Gasteiger partial charge in [-0.2, -0.15) is 8.42 Å². The highest BCUT2D eigenvalue weighted by Gasteiger charge is 2.29. The van der Waals surface area contributed by atoms with Crippen molar-refractivity contribution in [3.63, 3.8) is 0 Å². The van der Waals surface area contributed by atoms with Gasteiger partial charge in [-0.25, -0.2) is 9.59 Å². The van der Waals surface area contributed by atoms with Crippen molar-refractivity contribution >= 4 is 22.1 Å². The van der Waals surface area contributed by atoms with Crippen molar-refractivity contribution in [1.82, 2.24) is 0 Å². The van der Waals surface area contributed by atoms with Crippen molar-refractivity contribution in [2.24, 2.45) is 0 Å². The van der Waals surface area contributed by atoms with Gasteiger partial charge in [0.25, 0.3) is 10.1 Å². The Balaban J connectivity index is 2.78. The van der Waals surface area contributed by atoms with Gasteiger partial charge in [-0.3, -0.25) is 4.55 Å². The molecule has 0 atom stereocenters. The molecule has 0 amide bonds. The molecule has 2 aromatic carbocycles. The lowest BCUT2D eigenvalue weighted by Gasteiger charge is -2.14. The quantitative estimate of drug-likeness (QED) is 0.705. The maximum atomic E-state index is 11.4. The van der Waals surface area contributed by atoms with Crippen molar-refractivity contribution < 1.29 is 37.5 Å². The minimum atomic E-state index is -4.89. The Hall–Kier alpha value is -2.91. The second-order valence-corrected chi connectivity index (χ2v) is 5.71. The molecule has 0 bridgehead atoms. The highest BCUT2D eigenvalue weighted by Crippen LogP contribution is 2.34. The third-order valence-electron chi connectivity index (χ3n) is 2.80. The van der Waals surface area contributed by atoms with Crippen LogP contribution in [0.4, 0.5) is 0 Å². The van der Waals surface area contributed by atoms with Crippen LogP contribution < -0.4 is 4.74 Å². The third kappa shape index (κ3) is 3.47. The summed E-state index contributed by atoms with van der Waals surface area (Å²) < 4.78 is 37.1. The first-order valence-corrected chi connectivity index (χ1v) is 7.50. The van der Waals surface area contributed by atoms with Crippen LogP contribution in [0, 0.1) is 0 Å². The van der Waals surface area contributed by atoms with Crippen LogP contribution >= 0.6 is 0 Å². The molecule has 8 nitrogen and oxygen atoms in total. The fourth-order valence-corrected chi connectivity index (χ4v) is 2.54. The molecule has 9 heteroatoms. The Morgan fingerprint density at radius 1 is 0.913 bits per heavy atom. The third-order valence-corrected chi connectivity index (χ3v) is 3.70. The van der Waals surface area contributed by atoms with Crippen molar-refractivity contribution in [2.75, 3.05) is 0 Å². The summed E-state index contributed by atoms with van der Waals surface area (Å²) in [4.78, 5) is 21.7. The van der Waals surface area contributed by atoms with E-state index in [4.69, 9.17) is 14.4 Å². The molecular formula is C14H10O8S. The summed E-state index contributed by atoms with van der Waals surface area (Å²) in [6.07, 6.45) is 0. The van der Waals surface area contributed by atoms with Gasteiger partial charge in [0, 0.05) is 0 Å². The molecule has 0 heterocycles. The fraction of sp³-hybridized carbons (Fsp3) is 0. The van der Waals surface area contributed by atoms with E-state index in [1.807, 2.05) is 0 Å². The van der Waals surface area contributed by atoms with E-state index < -0.39 is 43.8 Å². The van der Waals surface area contributed by atoms with Crippen molar-refractivity contribution in [3.8, 4) is 11.5 Å². The summed E-state index contributed by atoms with van der Waals surface area (Å²) in [7, 11) is -4.89. The van der Waals surface area contributed by atoms with Crippen LogP contribution in [0.2, 0.25) is 0 Å². The topological polar surface area (TPSA) is 138 Å². The Morgan fingerprint density at radius 3 is 2.00 bits per heavy atom. The number of hydrogen-bond acceptors (Lipinski definition) is 5. The molecule has 0 radical (unpaired) electrons. The molecule has 0 aliphatic carbocycles. The van der Waals surface area contributed by atoms with Gasteiger partial charge in [-0.15, -0.1) is 0 Å². The predicted molar refractivity (Wildman–Crippen MR) is 76.7 cm³/mol. The van der Waals surface area contributed by atoms with Crippen LogP contribution in [0.25, 0.3) is 0 Å². The zero-order valence-electron chi connectivity index (χ0n) is 11.3. The molecule has 2 rings (SSSR count). The van der Waals surface area contributed by atoms with Crippen molar-refractivity contribution in [3.05, 3.63) is 53.6 Å². The zero-order valence-corrected chi connectivity index (χ0v) is 12.1. The van der Waals surface area contributed by atoms with Gasteiger partial charge in [0.05, 0.1) is 0 Å². The maximum Gasteiger partial charge on any atom is 0.340 e. The number of ether oxygens (including phenoxy) is 1. The lowest BCUT2D eigenvalue weighted by Crippen LogP contribution is -2.13. The lowest BCUT2D eigenvalue weighted by molar-refractivity contribution is 0.0688. The first kappa shape index (κ1) is 16.5. The van der Waals surface area contributed by atoms with Gasteiger partial charge < -0.3 is 14.9 Å². The normalized spacial score (nSPS) is 11.0. The monoisotopic (exact) mass is 338 g/mol. The van der Waals surface area contributed by atoms with Gasteiger partial charge in [-0.05, 0) is 24.3 Å². The molecule has 0 aromatic heterocycles. The summed E-state index contributed by atoms with van der Waals surface area (Å²) in [5, 5.41) is 18.4. The molecular weight excluding hydrogens is 328 g/mol. The van der Waals surface area contributed by atoms with E-state index in [1.165, 1.54) is 12.1 Å². The molecule has 0 saturated carbocycles. The SMILES string of the molecule is O=C(O)c1ccc(S(=O)(=O)O)c(C(=O)O)c1Oc1ccccc1. The first-order valence-electron chi connectivity index (χ1n) is 6.06. The average molecular weight is 338 g/mol. The molecule has 0 fully saturated rings. The Bertz CT molecular complexity index is 871. The minimum absolute atomic E-state index is 0.102. The van der Waals surface area contributed by atoms with Crippen LogP contribution in [0.15, 0.2) is 47.4 Å². The fourth-order valence-electron chi connectivity index (χ4n) is 1.86. The number of carbonyl (C=O) groups is 2. The predicted octanol–water partition coefficient (Wildman–Crippen LogP) is 2.12. The summed E-state index contributed by atoms with van der Waals surface area (Å²) in [6.45, 7) is 0. The molecule has 120 valence electrons. The second kappa shape index (κ2) is 6.07. The highest BCUT2D eigenvalue weighted by molar-refractivity contribution is 7.86. The minimum Gasteiger partial charge on any atom is -0.478 e. The molecule has 3 N–H and O–H groups in total. The average Bonchev–Trinajstić information content (AvgIpc) is 2.46. The molecule has 0 aliphatic rings. The van der Waals surface area contributed by atoms with Crippen LogP contribution in [-0.2, 0) is 10.1 Å². The number of aromatic carboxylic acids is 2. The zero-order chi connectivity index (χ0) is 17.2. The van der Waals surface area contributed by atoms with Gasteiger partial charge >= 0.3 is 11.9 Å². The molecule has 0 saturated heterocycles. The van der Waals surface area contributed by atoms with E-state index in [0.717, 1.165) is 6.07 Å². The highest BCUT2D eigenvalue weighted by atomic mass is 32.2. The molecule has 23 heavy (non-hydrogen) atoms. The number of rotatable bonds is 5. The number of carboxylic acids is 2. The van der Waals surface area contributed by atoms with Gasteiger partial charge in [0.1, 0.15) is 21.8 Å². The largest absolute Gasteiger partial charge is 0.478 e. The Morgan fingerprint density at radius 2 is 1.52 bits per heavy atom. The van der Waals surface area contributed by atoms with E-state index in [0.29, 0.717) is 6.07 Å². The molecule has 2 aromatic rings. The molecule has 0 aliphatic heterocycles. The Labute approximate surface area is 130 Å². The van der Waals surface area contributed by atoms with Crippen LogP contribution in [0.1, 0.15) is 20.7 Å². The van der Waals surface area contributed by atoms with Gasteiger partial charge in [0.15, 0.2) is 5.75 Å². The van der Waals surface area contributed by atoms with Gasteiger partial charge in [0.2, 0.25) is 0 Å². The van der Waals surface area contributed by atoms with Gasteiger partial charge in [-0.1, -0.05) is 18.2 Å². The summed E-state index contributed by atoms with van der Waals surface area (Å²) in [5.41, 5.74) is -1.52. The van der Waals surface area contributed by atoms with E-state index >= 15 is 0 Å². The van der Waals surface area contributed by atoms with E-state index in [1.54, 1.807) is 18.2 Å². The standard InChI is InChI=1S/C14H10O8S/c15-13(16)9-6-7-10(23(19,20)21)11(14(17)18)12(9)22-8-4-2-1-3-5-8/h1-7H,(H,15,16)(H,17,18)(H,19,20,21). The summed E-state index contributed by atoms with van der Waals surface area (Å²) >= 11 is 0. The van der Waals surface area contributed by atoms with Crippen molar-refractivity contribution in [1.29, 1.82) is 0 Å². The number of carboxylic acid groups (broad SMARTS) is 2. The number of hydrogen-bond donors (Lipinski definition) is 3. The molecule has 0 unspecified atom stereocenters. The van der Waals surface area contributed by atoms with E-state index in [2.05, 4.69) is 0 Å². The lowest BCUT2D eigenvalue weighted by atomic mass is 10.1. The number of para-hydroxylation sites is 1. The van der Waals surface area contributed by atoms with Crippen molar-refractivity contribution in [2.45, 2.75) is 4.90 Å². The van der Waals surface area contributed by atoms with Crippen LogP contribution in [0.5, 0.6) is 11.5 Å². The van der Waals surface area contributed by atoms with Crippen LogP contribution in [-0.4, -0.2) is 35.1 Å². The van der Waals surface area contributed by atoms with E-state index in [9.17, 15) is 23.1 Å². The maximum absolute atomic E-state index is 11.4. The smallest absolute Gasteiger partial charge is 0.340 e.